The van der Waals surface area contributed by atoms with E-state index in [4.69, 9.17) is 0 Å². The summed E-state index contributed by atoms with van der Waals surface area (Å²) in [6.45, 7) is 7.20. The molecule has 0 amide bonds. The van der Waals surface area contributed by atoms with E-state index >= 15 is 0 Å². The summed E-state index contributed by atoms with van der Waals surface area (Å²) in [5.41, 5.74) is 1.57. The maximum absolute atomic E-state index is 13.7. The zero-order valence-corrected chi connectivity index (χ0v) is 12.7. The summed E-state index contributed by atoms with van der Waals surface area (Å²) in [6.07, 6.45) is 0.757. The van der Waals surface area contributed by atoms with E-state index in [-0.39, 0.29) is 5.82 Å². The van der Waals surface area contributed by atoms with Crippen LogP contribution in [0.15, 0.2) is 24.3 Å². The smallest absolute Gasteiger partial charge is 0.135 e. The Morgan fingerprint density at radius 1 is 1.05 bits per heavy atom. The van der Waals surface area contributed by atoms with Crippen molar-refractivity contribution in [3.8, 4) is 0 Å². The molecular weight excluding hydrogens is 267 g/mol. The average molecular weight is 288 g/mol. The van der Waals surface area contributed by atoms with Gasteiger partial charge in [0.05, 0.1) is 0 Å². The van der Waals surface area contributed by atoms with Crippen molar-refractivity contribution in [2.24, 2.45) is 0 Å². The SMILES string of the molecule is CCNc1nc(CC)nc(NCc2ccccc2F)c1C. The molecule has 112 valence electrons. The molecule has 1 aromatic carbocycles. The Morgan fingerprint density at radius 3 is 2.33 bits per heavy atom. The van der Waals surface area contributed by atoms with Gasteiger partial charge in [0.15, 0.2) is 0 Å². The van der Waals surface area contributed by atoms with Crippen molar-refractivity contribution in [1.29, 1.82) is 0 Å². The van der Waals surface area contributed by atoms with Gasteiger partial charge in [0.1, 0.15) is 23.3 Å². The lowest BCUT2D eigenvalue weighted by molar-refractivity contribution is 0.613. The number of hydrogen-bond acceptors (Lipinski definition) is 4. The van der Waals surface area contributed by atoms with Crippen LogP contribution in [0.2, 0.25) is 0 Å². The van der Waals surface area contributed by atoms with Crippen molar-refractivity contribution >= 4 is 11.6 Å². The van der Waals surface area contributed by atoms with Gasteiger partial charge in [-0.05, 0) is 19.9 Å². The molecule has 0 radical (unpaired) electrons. The monoisotopic (exact) mass is 288 g/mol. The third kappa shape index (κ3) is 3.68. The van der Waals surface area contributed by atoms with Crippen molar-refractivity contribution in [2.45, 2.75) is 33.7 Å². The lowest BCUT2D eigenvalue weighted by Crippen LogP contribution is -2.11. The molecule has 2 N–H and O–H groups in total. The summed E-state index contributed by atoms with van der Waals surface area (Å²) < 4.78 is 13.7. The Morgan fingerprint density at radius 2 is 1.71 bits per heavy atom. The predicted octanol–water partition coefficient (Wildman–Crippen LogP) is 3.53. The molecule has 0 unspecified atom stereocenters. The van der Waals surface area contributed by atoms with Gasteiger partial charge in [-0.1, -0.05) is 25.1 Å². The first-order valence-electron chi connectivity index (χ1n) is 7.24. The lowest BCUT2D eigenvalue weighted by atomic mass is 10.2. The highest BCUT2D eigenvalue weighted by Gasteiger charge is 2.10. The molecule has 0 spiro atoms. The fourth-order valence-corrected chi connectivity index (χ4v) is 2.05. The molecule has 2 aromatic rings. The summed E-state index contributed by atoms with van der Waals surface area (Å²) >= 11 is 0. The molecular formula is C16H21FN4. The molecule has 0 aliphatic rings. The van der Waals surface area contributed by atoms with Crippen molar-refractivity contribution in [2.75, 3.05) is 17.2 Å². The van der Waals surface area contributed by atoms with Crippen LogP contribution in [0.4, 0.5) is 16.0 Å². The number of rotatable bonds is 6. The van der Waals surface area contributed by atoms with Crippen LogP contribution in [-0.4, -0.2) is 16.5 Å². The van der Waals surface area contributed by atoms with E-state index in [9.17, 15) is 4.39 Å². The van der Waals surface area contributed by atoms with E-state index < -0.39 is 0 Å². The van der Waals surface area contributed by atoms with Gasteiger partial charge in [-0.25, -0.2) is 14.4 Å². The summed E-state index contributed by atoms with van der Waals surface area (Å²) in [6, 6.07) is 6.75. The lowest BCUT2D eigenvalue weighted by Gasteiger charge is -2.14. The topological polar surface area (TPSA) is 49.8 Å². The minimum Gasteiger partial charge on any atom is -0.370 e. The summed E-state index contributed by atoms with van der Waals surface area (Å²) in [4.78, 5) is 8.97. The Labute approximate surface area is 124 Å². The number of aromatic nitrogens is 2. The second-order valence-electron chi connectivity index (χ2n) is 4.79. The normalized spacial score (nSPS) is 10.5. The van der Waals surface area contributed by atoms with Crippen LogP contribution >= 0.6 is 0 Å². The molecule has 5 heteroatoms. The number of nitrogens with zero attached hydrogens (tertiary/aromatic N) is 2. The van der Waals surface area contributed by atoms with Gasteiger partial charge >= 0.3 is 0 Å². The van der Waals surface area contributed by atoms with Gasteiger partial charge in [-0.3, -0.25) is 0 Å². The summed E-state index contributed by atoms with van der Waals surface area (Å²) in [5, 5.41) is 6.45. The Bertz CT molecular complexity index is 613. The number of halogens is 1. The highest BCUT2D eigenvalue weighted by atomic mass is 19.1. The van der Waals surface area contributed by atoms with Crippen LogP contribution in [0.3, 0.4) is 0 Å². The molecule has 0 aliphatic carbocycles. The molecule has 21 heavy (non-hydrogen) atoms. The third-order valence-electron chi connectivity index (χ3n) is 3.26. The molecule has 1 heterocycles. The molecule has 1 aromatic heterocycles. The van der Waals surface area contributed by atoms with Crippen molar-refractivity contribution in [1.82, 2.24) is 9.97 Å². The third-order valence-corrected chi connectivity index (χ3v) is 3.26. The highest BCUT2D eigenvalue weighted by molar-refractivity contribution is 5.57. The molecule has 0 saturated heterocycles. The number of anilines is 2. The maximum atomic E-state index is 13.7. The molecule has 0 aliphatic heterocycles. The molecule has 0 bridgehead atoms. The second kappa shape index (κ2) is 7.02. The van der Waals surface area contributed by atoms with Crippen molar-refractivity contribution < 1.29 is 4.39 Å². The van der Waals surface area contributed by atoms with E-state index in [0.29, 0.717) is 12.1 Å². The Hall–Kier alpha value is -2.17. The van der Waals surface area contributed by atoms with Crippen LogP contribution < -0.4 is 10.6 Å². The molecule has 4 nitrogen and oxygen atoms in total. The maximum Gasteiger partial charge on any atom is 0.135 e. The zero-order valence-electron chi connectivity index (χ0n) is 12.7. The van der Waals surface area contributed by atoms with Crippen LogP contribution in [0, 0.1) is 12.7 Å². The van der Waals surface area contributed by atoms with Gasteiger partial charge < -0.3 is 10.6 Å². The molecule has 2 rings (SSSR count). The Balaban J connectivity index is 2.22. The van der Waals surface area contributed by atoms with Gasteiger partial charge in [0.25, 0.3) is 0 Å². The van der Waals surface area contributed by atoms with E-state index in [1.165, 1.54) is 6.07 Å². The summed E-state index contributed by atoms with van der Waals surface area (Å²) in [5.74, 6) is 2.15. The molecule has 0 fully saturated rings. The highest BCUT2D eigenvalue weighted by Crippen LogP contribution is 2.21. The number of benzene rings is 1. The quantitative estimate of drug-likeness (QED) is 0.853. The fourth-order valence-electron chi connectivity index (χ4n) is 2.05. The van der Waals surface area contributed by atoms with Gasteiger partial charge in [0, 0.05) is 30.6 Å². The molecule has 0 atom stereocenters. The minimum atomic E-state index is -0.209. The fraction of sp³-hybridized carbons (Fsp3) is 0.375. The van der Waals surface area contributed by atoms with Crippen LogP contribution in [0.1, 0.15) is 30.8 Å². The van der Waals surface area contributed by atoms with Crippen molar-refractivity contribution in [3.63, 3.8) is 0 Å². The standard InChI is InChI=1S/C16H21FN4/c1-4-14-20-15(18-5-2)11(3)16(21-14)19-10-12-8-6-7-9-13(12)17/h6-9H,4-5,10H2,1-3H3,(H2,18,19,20,21). The minimum absolute atomic E-state index is 0.209. The van der Waals surface area contributed by atoms with E-state index in [1.807, 2.05) is 26.8 Å². The first-order valence-corrected chi connectivity index (χ1v) is 7.24. The summed E-state index contributed by atoms with van der Waals surface area (Å²) in [7, 11) is 0. The first kappa shape index (κ1) is 15.2. The van der Waals surface area contributed by atoms with Gasteiger partial charge in [-0.2, -0.15) is 0 Å². The zero-order chi connectivity index (χ0) is 15.2. The van der Waals surface area contributed by atoms with Crippen LogP contribution in [-0.2, 0) is 13.0 Å². The van der Waals surface area contributed by atoms with E-state index in [2.05, 4.69) is 20.6 Å². The van der Waals surface area contributed by atoms with Gasteiger partial charge in [-0.15, -0.1) is 0 Å². The van der Waals surface area contributed by atoms with E-state index in [0.717, 1.165) is 36.0 Å². The molecule has 0 saturated carbocycles. The first-order chi connectivity index (χ1) is 10.2. The van der Waals surface area contributed by atoms with Gasteiger partial charge in [0.2, 0.25) is 0 Å². The van der Waals surface area contributed by atoms with Crippen LogP contribution in [0.5, 0.6) is 0 Å². The number of hydrogen-bond donors (Lipinski definition) is 2. The predicted molar refractivity (Wildman–Crippen MR) is 84.0 cm³/mol. The number of aryl methyl sites for hydroxylation is 1. The Kier molecular flexibility index (Phi) is 5.09. The largest absolute Gasteiger partial charge is 0.370 e. The average Bonchev–Trinajstić information content (AvgIpc) is 2.49. The van der Waals surface area contributed by atoms with E-state index in [1.54, 1.807) is 12.1 Å². The van der Waals surface area contributed by atoms with Crippen molar-refractivity contribution in [3.05, 3.63) is 47.0 Å². The second-order valence-corrected chi connectivity index (χ2v) is 4.79. The van der Waals surface area contributed by atoms with Crippen LogP contribution in [0.25, 0.3) is 0 Å². The number of nitrogens with one attached hydrogen (secondary N) is 2.